The van der Waals surface area contributed by atoms with E-state index in [-0.39, 0.29) is 0 Å². The van der Waals surface area contributed by atoms with Gasteiger partial charge in [0.15, 0.2) is 0 Å². The molecule has 2 heterocycles. The summed E-state index contributed by atoms with van der Waals surface area (Å²) in [6, 6.07) is 7.06. The molecule has 0 aliphatic heterocycles. The number of benzene rings is 1. The summed E-state index contributed by atoms with van der Waals surface area (Å²) in [5.41, 5.74) is 4.45. The van der Waals surface area contributed by atoms with Crippen LogP contribution in [0.3, 0.4) is 0 Å². The third kappa shape index (κ3) is 15.3. The first-order valence-corrected chi connectivity index (χ1v) is 13.4. The molecule has 0 aliphatic rings. The molecule has 0 bridgehead atoms. The zero-order valence-electron chi connectivity index (χ0n) is 17.3. The molecule has 6 nitrogen and oxygen atoms in total. The highest BCUT2D eigenvalue weighted by Gasteiger charge is 2.17. The van der Waals surface area contributed by atoms with Gasteiger partial charge in [-0.1, -0.05) is 63.6 Å². The Bertz CT molecular complexity index is 719. The van der Waals surface area contributed by atoms with Gasteiger partial charge < -0.3 is 4.52 Å². The monoisotopic (exact) mass is 470 g/mol. The van der Waals surface area contributed by atoms with Crippen molar-refractivity contribution in [3.63, 3.8) is 0 Å². The Kier molecular flexibility index (Phi) is 15.1. The van der Waals surface area contributed by atoms with Gasteiger partial charge in [0.25, 0.3) is 0 Å². The number of aromatic nitrogens is 2. The molecule has 0 saturated carbocycles. The summed E-state index contributed by atoms with van der Waals surface area (Å²) < 4.78 is 15.6. The summed E-state index contributed by atoms with van der Waals surface area (Å²) >= 11 is 3.20. The van der Waals surface area contributed by atoms with Crippen LogP contribution in [-0.2, 0) is 11.0 Å². The van der Waals surface area contributed by atoms with Crippen LogP contribution in [0, 0.1) is 0 Å². The second-order valence-electron chi connectivity index (χ2n) is 6.41. The summed E-state index contributed by atoms with van der Waals surface area (Å²) in [5.74, 6) is 0.298. The van der Waals surface area contributed by atoms with Gasteiger partial charge in [0.2, 0.25) is 0 Å². The molecule has 0 saturated heterocycles. The number of rotatable bonds is 10. The molecule has 0 radical (unpaired) electrons. The summed E-state index contributed by atoms with van der Waals surface area (Å²) in [6.45, 7) is 2.21. The smallest absolute Gasteiger partial charge is 0.404 e. The van der Waals surface area contributed by atoms with E-state index in [0.29, 0.717) is 5.75 Å². The van der Waals surface area contributed by atoms with Crippen molar-refractivity contribution in [3.05, 3.63) is 64.0 Å². The van der Waals surface area contributed by atoms with Gasteiger partial charge in [0.1, 0.15) is 5.75 Å². The van der Waals surface area contributed by atoms with Crippen molar-refractivity contribution in [2.45, 2.75) is 58.3 Å². The van der Waals surface area contributed by atoms with E-state index in [4.69, 9.17) is 14.3 Å². The third-order valence-corrected chi connectivity index (χ3v) is 5.41. The van der Waals surface area contributed by atoms with Crippen molar-refractivity contribution in [3.8, 4) is 5.75 Å². The summed E-state index contributed by atoms with van der Waals surface area (Å²) in [7, 11) is -4.47. The maximum Gasteiger partial charge on any atom is 0.524 e. The average Bonchev–Trinajstić information content (AvgIpc) is 3.46. The fourth-order valence-corrected chi connectivity index (χ4v) is 3.69. The number of unbranched alkanes of at least 4 members (excludes halogenated alkanes) is 6. The Morgan fingerprint density at radius 2 is 1.47 bits per heavy atom. The maximum absolute atomic E-state index is 10.9. The molecule has 0 fully saturated rings. The van der Waals surface area contributed by atoms with Crippen LogP contribution in [0.2, 0.25) is 0 Å². The van der Waals surface area contributed by atoms with Crippen LogP contribution in [0.25, 0.3) is 0 Å². The first-order valence-electron chi connectivity index (χ1n) is 10.00. The van der Waals surface area contributed by atoms with Gasteiger partial charge in [-0.3, -0.25) is 19.8 Å². The van der Waals surface area contributed by atoms with Gasteiger partial charge in [0.05, 0.1) is 11.0 Å². The van der Waals surface area contributed by atoms with Crippen molar-refractivity contribution >= 4 is 30.5 Å². The summed E-state index contributed by atoms with van der Waals surface area (Å²) in [6.07, 6.45) is 12.9. The SMILES string of the molecule is CCCCCCCCCc1ccccc1OP(=O)(O)O.c1cscn1.c1cscn1. The lowest BCUT2D eigenvalue weighted by molar-refractivity contribution is 0.282. The minimum absolute atomic E-state index is 0.298. The predicted octanol–water partition coefficient (Wildman–Crippen LogP) is 6.74. The molecule has 0 amide bonds. The zero-order valence-corrected chi connectivity index (χ0v) is 19.8. The largest absolute Gasteiger partial charge is 0.524 e. The predicted molar refractivity (Wildman–Crippen MR) is 125 cm³/mol. The highest BCUT2D eigenvalue weighted by atomic mass is 32.1. The minimum atomic E-state index is -4.47. The van der Waals surface area contributed by atoms with Gasteiger partial charge in [-0.25, -0.2) is 4.57 Å². The number of nitrogens with zero attached hydrogens (tertiary/aromatic N) is 2. The molecule has 2 aromatic heterocycles. The Hall–Kier alpha value is -1.57. The Morgan fingerprint density at radius 3 is 1.93 bits per heavy atom. The van der Waals surface area contributed by atoms with E-state index < -0.39 is 7.82 Å². The molecule has 0 unspecified atom stereocenters. The molecule has 30 heavy (non-hydrogen) atoms. The van der Waals surface area contributed by atoms with E-state index in [0.717, 1.165) is 24.8 Å². The van der Waals surface area contributed by atoms with E-state index >= 15 is 0 Å². The Balaban J connectivity index is 0.000000360. The van der Waals surface area contributed by atoms with E-state index in [1.54, 1.807) is 58.2 Å². The first-order chi connectivity index (χ1) is 14.5. The average molecular weight is 471 g/mol. The summed E-state index contributed by atoms with van der Waals surface area (Å²) in [5, 5.41) is 3.86. The number of phosphoric acid groups is 1. The number of phosphoric ester groups is 1. The van der Waals surface area contributed by atoms with Crippen LogP contribution in [0.1, 0.15) is 57.4 Å². The van der Waals surface area contributed by atoms with Crippen molar-refractivity contribution < 1.29 is 18.9 Å². The van der Waals surface area contributed by atoms with Crippen LogP contribution in [0.15, 0.2) is 58.4 Å². The molecule has 3 aromatic rings. The molecule has 0 spiro atoms. The lowest BCUT2D eigenvalue weighted by atomic mass is 10.0. The minimum Gasteiger partial charge on any atom is -0.404 e. The van der Waals surface area contributed by atoms with E-state index in [2.05, 4.69) is 16.9 Å². The van der Waals surface area contributed by atoms with Gasteiger partial charge in [0, 0.05) is 23.2 Å². The number of hydrogen-bond acceptors (Lipinski definition) is 6. The van der Waals surface area contributed by atoms with Crippen LogP contribution in [0.5, 0.6) is 5.75 Å². The van der Waals surface area contributed by atoms with Crippen molar-refractivity contribution in [1.82, 2.24) is 9.97 Å². The molecule has 166 valence electrons. The van der Waals surface area contributed by atoms with Crippen LogP contribution < -0.4 is 4.52 Å². The van der Waals surface area contributed by atoms with Gasteiger partial charge in [-0.05, 0) is 24.5 Å². The fraction of sp³-hybridized carbons (Fsp3) is 0.429. The molecule has 3 rings (SSSR count). The highest BCUT2D eigenvalue weighted by Crippen LogP contribution is 2.39. The van der Waals surface area contributed by atoms with Crippen LogP contribution in [0.4, 0.5) is 0 Å². The van der Waals surface area contributed by atoms with Crippen LogP contribution in [-0.4, -0.2) is 19.8 Å². The molecular formula is C21H31N2O4PS2. The highest BCUT2D eigenvalue weighted by molar-refractivity contribution is 7.46. The van der Waals surface area contributed by atoms with Crippen molar-refractivity contribution in [1.29, 1.82) is 0 Å². The Morgan fingerprint density at radius 1 is 0.900 bits per heavy atom. The normalized spacial score (nSPS) is 10.4. The number of hydrogen-bond donors (Lipinski definition) is 2. The second kappa shape index (κ2) is 17.1. The lowest BCUT2D eigenvalue weighted by Crippen LogP contribution is -1.95. The van der Waals surface area contributed by atoms with Crippen molar-refractivity contribution in [2.75, 3.05) is 0 Å². The van der Waals surface area contributed by atoms with Crippen molar-refractivity contribution in [2.24, 2.45) is 0 Å². The topological polar surface area (TPSA) is 92.5 Å². The third-order valence-electron chi connectivity index (χ3n) is 3.93. The molecule has 1 aromatic carbocycles. The molecular weight excluding hydrogens is 439 g/mol. The molecule has 0 aliphatic carbocycles. The van der Waals surface area contributed by atoms with E-state index in [1.165, 1.54) is 32.1 Å². The number of aryl methyl sites for hydroxylation is 1. The first kappa shape index (κ1) is 26.5. The van der Waals surface area contributed by atoms with E-state index in [1.807, 2.05) is 22.9 Å². The quantitative estimate of drug-likeness (QED) is 0.252. The van der Waals surface area contributed by atoms with Gasteiger partial charge >= 0.3 is 7.82 Å². The zero-order chi connectivity index (χ0) is 21.9. The number of para-hydroxylation sites is 1. The molecule has 2 N–H and O–H groups in total. The fourth-order valence-electron chi connectivity index (χ4n) is 2.55. The standard InChI is InChI=1S/C15H25O4P.2C3H3NS/c1-2-3-4-5-6-7-8-11-14-12-9-10-13-15(14)19-20(16,17)18;2*1-2-5-3-4-1/h9-10,12-13H,2-8,11H2,1H3,(H2,16,17,18);2*1-3H. The Labute approximate surface area is 187 Å². The maximum atomic E-state index is 10.9. The van der Waals surface area contributed by atoms with Gasteiger partial charge in [-0.15, -0.1) is 22.7 Å². The summed E-state index contributed by atoms with van der Waals surface area (Å²) in [4.78, 5) is 25.2. The van der Waals surface area contributed by atoms with E-state index in [9.17, 15) is 4.57 Å². The molecule has 0 atom stereocenters. The van der Waals surface area contributed by atoms with Gasteiger partial charge in [-0.2, -0.15) is 0 Å². The van der Waals surface area contributed by atoms with Crippen LogP contribution >= 0.6 is 30.5 Å². The lowest BCUT2D eigenvalue weighted by Gasteiger charge is -2.11. The molecule has 9 heteroatoms. The number of thiazole rings is 2. The second-order valence-corrected chi connectivity index (χ2v) is 9.09.